The van der Waals surface area contributed by atoms with E-state index < -0.39 is 0 Å². The number of aryl methyl sites for hydroxylation is 2. The number of nitrogens with zero attached hydrogens (tertiary/aromatic N) is 3. The molecule has 3 heterocycles. The fraction of sp³-hybridized carbons (Fsp3) is 0.421. The molecule has 3 rings (SSSR count). The average molecular weight is 324 g/mol. The molecular weight excluding hydrogens is 300 g/mol. The summed E-state index contributed by atoms with van der Waals surface area (Å²) in [6, 6.07) is 8.62. The number of hydrogen-bond acceptors (Lipinski definition) is 4. The van der Waals surface area contributed by atoms with Crippen molar-refractivity contribution in [2.75, 3.05) is 6.54 Å². The van der Waals surface area contributed by atoms with Crippen LogP contribution in [0.4, 0.5) is 0 Å². The fourth-order valence-corrected chi connectivity index (χ4v) is 3.43. The van der Waals surface area contributed by atoms with Crippen molar-refractivity contribution in [3.8, 4) is 0 Å². The van der Waals surface area contributed by atoms with Crippen LogP contribution in [0, 0.1) is 6.92 Å². The minimum absolute atomic E-state index is 0.259. The van der Waals surface area contributed by atoms with Gasteiger partial charge in [0, 0.05) is 31.1 Å². The Morgan fingerprint density at radius 2 is 2.25 bits per heavy atom. The Balaban J connectivity index is 1.77. The van der Waals surface area contributed by atoms with Crippen LogP contribution < -0.4 is 5.73 Å². The van der Waals surface area contributed by atoms with Gasteiger partial charge in [-0.25, -0.2) is 0 Å². The molecule has 126 valence electrons. The number of hydrogen-bond donors (Lipinski definition) is 1. The monoisotopic (exact) mass is 324 g/mol. The van der Waals surface area contributed by atoms with E-state index in [1.165, 1.54) is 12.0 Å². The zero-order valence-corrected chi connectivity index (χ0v) is 14.1. The molecule has 0 aliphatic carbocycles. The highest BCUT2D eigenvalue weighted by Crippen LogP contribution is 2.32. The van der Waals surface area contributed by atoms with Gasteiger partial charge in [-0.3, -0.25) is 19.7 Å². The lowest BCUT2D eigenvalue weighted by atomic mass is 10.0. The summed E-state index contributed by atoms with van der Waals surface area (Å²) in [6.07, 6.45) is 7.09. The third-order valence-corrected chi connectivity index (χ3v) is 4.51. The van der Waals surface area contributed by atoms with Crippen LogP contribution in [0.5, 0.6) is 0 Å². The average Bonchev–Trinajstić information content (AvgIpc) is 3.01. The zero-order chi connectivity index (χ0) is 16.9. The standard InChI is InChI=1S/C19H24N4O/c1-14-10-15(6-7-19(20)24)11-17(22-14)18-5-3-9-23(18)13-16-4-2-8-21-12-16/h2,4,8,10-12,18H,3,5-7,9,13H2,1H3,(H2,20,24). The Hall–Kier alpha value is -2.27. The molecule has 1 amide bonds. The molecule has 0 saturated carbocycles. The maximum absolute atomic E-state index is 11.0. The first-order valence-electron chi connectivity index (χ1n) is 8.50. The first-order chi connectivity index (χ1) is 11.6. The quantitative estimate of drug-likeness (QED) is 0.886. The number of primary amides is 1. The molecule has 1 aliphatic rings. The first kappa shape index (κ1) is 16.6. The lowest BCUT2D eigenvalue weighted by Crippen LogP contribution is -2.24. The second-order valence-electron chi connectivity index (χ2n) is 6.50. The molecule has 5 heteroatoms. The lowest BCUT2D eigenvalue weighted by Gasteiger charge is -2.24. The van der Waals surface area contributed by atoms with Crippen molar-refractivity contribution in [1.29, 1.82) is 0 Å². The van der Waals surface area contributed by atoms with Gasteiger partial charge in [-0.05, 0) is 62.1 Å². The molecule has 2 N–H and O–H groups in total. The molecule has 0 aromatic carbocycles. The molecule has 1 fully saturated rings. The van der Waals surface area contributed by atoms with Gasteiger partial charge >= 0.3 is 0 Å². The predicted octanol–water partition coefficient (Wildman–Crippen LogP) is 2.54. The maximum atomic E-state index is 11.0. The Labute approximate surface area is 142 Å². The van der Waals surface area contributed by atoms with Gasteiger partial charge in [-0.2, -0.15) is 0 Å². The van der Waals surface area contributed by atoms with E-state index in [9.17, 15) is 4.79 Å². The Bertz CT molecular complexity index is 702. The van der Waals surface area contributed by atoms with Gasteiger partial charge in [0.05, 0.1) is 11.7 Å². The summed E-state index contributed by atoms with van der Waals surface area (Å²) in [4.78, 5) is 22.5. The van der Waals surface area contributed by atoms with Crippen molar-refractivity contribution in [3.63, 3.8) is 0 Å². The molecule has 1 saturated heterocycles. The highest BCUT2D eigenvalue weighted by atomic mass is 16.1. The molecule has 1 aliphatic heterocycles. The summed E-state index contributed by atoms with van der Waals surface area (Å²) in [5.74, 6) is -0.259. The Kier molecular flexibility index (Phi) is 5.20. The van der Waals surface area contributed by atoms with E-state index in [4.69, 9.17) is 10.7 Å². The normalized spacial score (nSPS) is 18.0. The van der Waals surface area contributed by atoms with Crippen molar-refractivity contribution in [2.45, 2.75) is 45.2 Å². The second kappa shape index (κ2) is 7.53. The van der Waals surface area contributed by atoms with Crippen molar-refractivity contribution in [1.82, 2.24) is 14.9 Å². The highest BCUT2D eigenvalue weighted by molar-refractivity contribution is 5.74. The number of aromatic nitrogens is 2. The van der Waals surface area contributed by atoms with Gasteiger partial charge < -0.3 is 5.73 Å². The van der Waals surface area contributed by atoms with E-state index in [0.717, 1.165) is 36.5 Å². The maximum Gasteiger partial charge on any atom is 0.217 e. The molecule has 0 radical (unpaired) electrons. The van der Waals surface area contributed by atoms with Crippen LogP contribution in [0.25, 0.3) is 0 Å². The SMILES string of the molecule is Cc1cc(CCC(N)=O)cc(C2CCCN2Cc2cccnc2)n1. The summed E-state index contributed by atoms with van der Waals surface area (Å²) >= 11 is 0. The van der Waals surface area contributed by atoms with Gasteiger partial charge in [0.2, 0.25) is 5.91 Å². The van der Waals surface area contributed by atoms with E-state index in [2.05, 4.69) is 22.0 Å². The number of nitrogens with two attached hydrogens (primary N) is 1. The Morgan fingerprint density at radius 1 is 1.38 bits per heavy atom. The van der Waals surface area contributed by atoms with Crippen LogP contribution in [-0.4, -0.2) is 27.3 Å². The van der Waals surface area contributed by atoms with Crippen LogP contribution in [-0.2, 0) is 17.8 Å². The van der Waals surface area contributed by atoms with E-state index in [-0.39, 0.29) is 5.91 Å². The summed E-state index contributed by atoms with van der Waals surface area (Å²) in [5, 5.41) is 0. The second-order valence-corrected chi connectivity index (χ2v) is 6.50. The summed E-state index contributed by atoms with van der Waals surface area (Å²) in [5.41, 5.74) is 9.76. The predicted molar refractivity (Wildman–Crippen MR) is 93.1 cm³/mol. The van der Waals surface area contributed by atoms with Crippen molar-refractivity contribution >= 4 is 5.91 Å². The summed E-state index contributed by atoms with van der Waals surface area (Å²) < 4.78 is 0. The van der Waals surface area contributed by atoms with Crippen LogP contribution in [0.15, 0.2) is 36.7 Å². The number of rotatable bonds is 6. The van der Waals surface area contributed by atoms with Crippen molar-refractivity contribution in [2.24, 2.45) is 5.73 Å². The van der Waals surface area contributed by atoms with Crippen molar-refractivity contribution in [3.05, 3.63) is 59.2 Å². The van der Waals surface area contributed by atoms with Crippen LogP contribution in [0.3, 0.4) is 0 Å². The number of pyridine rings is 2. The molecule has 1 unspecified atom stereocenters. The number of carbonyl (C=O) groups excluding carboxylic acids is 1. The van der Waals surface area contributed by atoms with Gasteiger partial charge in [-0.1, -0.05) is 6.07 Å². The number of carbonyl (C=O) groups is 1. The smallest absolute Gasteiger partial charge is 0.217 e. The van der Waals surface area contributed by atoms with Gasteiger partial charge in [0.15, 0.2) is 0 Å². The highest BCUT2D eigenvalue weighted by Gasteiger charge is 2.27. The number of amides is 1. The van der Waals surface area contributed by atoms with Crippen LogP contribution in [0.1, 0.15) is 47.8 Å². The lowest BCUT2D eigenvalue weighted by molar-refractivity contribution is -0.117. The van der Waals surface area contributed by atoms with E-state index in [0.29, 0.717) is 18.9 Å². The molecule has 2 aromatic rings. The van der Waals surface area contributed by atoms with E-state index in [1.807, 2.05) is 25.3 Å². The largest absolute Gasteiger partial charge is 0.370 e. The minimum Gasteiger partial charge on any atom is -0.370 e. The van der Waals surface area contributed by atoms with Crippen molar-refractivity contribution < 1.29 is 4.79 Å². The van der Waals surface area contributed by atoms with Crippen LogP contribution in [0.2, 0.25) is 0 Å². The zero-order valence-electron chi connectivity index (χ0n) is 14.1. The van der Waals surface area contributed by atoms with Gasteiger partial charge in [0.1, 0.15) is 0 Å². The van der Waals surface area contributed by atoms with E-state index >= 15 is 0 Å². The number of likely N-dealkylation sites (tertiary alicyclic amines) is 1. The molecule has 0 spiro atoms. The summed E-state index contributed by atoms with van der Waals surface area (Å²) in [7, 11) is 0. The van der Waals surface area contributed by atoms with Crippen LogP contribution >= 0.6 is 0 Å². The first-order valence-corrected chi connectivity index (χ1v) is 8.50. The third-order valence-electron chi connectivity index (χ3n) is 4.51. The third kappa shape index (κ3) is 4.17. The molecular formula is C19H24N4O. The molecule has 24 heavy (non-hydrogen) atoms. The van der Waals surface area contributed by atoms with Gasteiger partial charge in [-0.15, -0.1) is 0 Å². The topological polar surface area (TPSA) is 72.1 Å². The molecule has 1 atom stereocenters. The van der Waals surface area contributed by atoms with Gasteiger partial charge in [0.25, 0.3) is 0 Å². The Morgan fingerprint density at radius 3 is 3.00 bits per heavy atom. The fourth-order valence-electron chi connectivity index (χ4n) is 3.43. The minimum atomic E-state index is -0.259. The summed E-state index contributed by atoms with van der Waals surface area (Å²) in [6.45, 7) is 3.98. The van der Waals surface area contributed by atoms with E-state index in [1.54, 1.807) is 6.20 Å². The molecule has 5 nitrogen and oxygen atoms in total. The molecule has 2 aromatic heterocycles. The molecule has 0 bridgehead atoms.